The highest BCUT2D eigenvalue weighted by Gasteiger charge is 2.00. The molecule has 1 heterocycles. The number of thiol groups is 1. The zero-order chi connectivity index (χ0) is 8.55. The zero-order valence-corrected chi connectivity index (χ0v) is 7.90. The van der Waals surface area contributed by atoms with Gasteiger partial charge in [-0.2, -0.15) is 0 Å². The average molecular weight is 197 g/mol. The molecule has 0 saturated carbocycles. The Morgan fingerprint density at radius 2 is 2.33 bits per heavy atom. The minimum atomic E-state index is 0.0649. The van der Waals surface area contributed by atoms with Crippen molar-refractivity contribution in [3.8, 4) is 0 Å². The van der Waals surface area contributed by atoms with E-state index in [1.807, 2.05) is 18.2 Å². The molecule has 0 amide bonds. The minimum absolute atomic E-state index is 0.0649. The van der Waals surface area contributed by atoms with E-state index in [9.17, 15) is 0 Å². The van der Waals surface area contributed by atoms with Crippen molar-refractivity contribution in [3.63, 3.8) is 0 Å². The van der Waals surface area contributed by atoms with Crippen LogP contribution in [0.3, 0.4) is 0 Å². The van der Waals surface area contributed by atoms with Gasteiger partial charge in [-0.3, -0.25) is 0 Å². The topological polar surface area (TPSA) is 33.1 Å². The number of rotatable bonds is 1. The maximum atomic E-state index is 8.86. The molecule has 0 unspecified atom stereocenters. The maximum Gasteiger partial charge on any atom is 0.148 e. The van der Waals surface area contributed by atoms with Gasteiger partial charge in [-0.1, -0.05) is 6.07 Å². The van der Waals surface area contributed by atoms with Gasteiger partial charge < -0.3 is 5.11 Å². The highest BCUT2D eigenvalue weighted by Crippen LogP contribution is 2.24. The molecular weight excluding hydrogens is 190 g/mol. The minimum Gasteiger partial charge on any atom is -0.392 e. The predicted molar refractivity (Wildman–Crippen MR) is 52.8 cm³/mol. The van der Waals surface area contributed by atoms with Crippen LogP contribution in [0.2, 0.25) is 0 Å². The molecule has 1 aromatic carbocycles. The Balaban J connectivity index is 2.66. The van der Waals surface area contributed by atoms with Crippen molar-refractivity contribution in [3.05, 3.63) is 23.8 Å². The lowest BCUT2D eigenvalue weighted by atomic mass is 10.2. The quantitative estimate of drug-likeness (QED) is 0.686. The molecule has 0 aliphatic rings. The molecule has 0 atom stereocenters. The van der Waals surface area contributed by atoms with Crippen molar-refractivity contribution >= 4 is 34.2 Å². The molecule has 0 spiro atoms. The molecule has 2 nitrogen and oxygen atoms in total. The van der Waals surface area contributed by atoms with E-state index in [4.69, 9.17) is 5.11 Å². The number of nitrogens with zero attached hydrogens (tertiary/aromatic N) is 1. The number of benzene rings is 1. The first-order valence-corrected chi connectivity index (χ1v) is 4.75. The van der Waals surface area contributed by atoms with Gasteiger partial charge in [0.25, 0.3) is 0 Å². The van der Waals surface area contributed by atoms with Crippen LogP contribution in [0.4, 0.5) is 0 Å². The van der Waals surface area contributed by atoms with Crippen LogP contribution in [0.1, 0.15) is 5.56 Å². The second-order valence-electron chi connectivity index (χ2n) is 2.46. The Morgan fingerprint density at radius 1 is 1.50 bits per heavy atom. The molecular formula is C8H7NOS2. The van der Waals surface area contributed by atoms with Crippen molar-refractivity contribution in [2.45, 2.75) is 10.9 Å². The number of fused-ring (bicyclic) bond motifs is 1. The number of hydrogen-bond donors (Lipinski definition) is 2. The number of aromatic nitrogens is 1. The molecule has 4 heteroatoms. The van der Waals surface area contributed by atoms with Crippen LogP contribution in [-0.2, 0) is 6.61 Å². The second kappa shape index (κ2) is 3.05. The van der Waals surface area contributed by atoms with Crippen molar-refractivity contribution < 1.29 is 5.11 Å². The van der Waals surface area contributed by atoms with Crippen LogP contribution in [0.25, 0.3) is 10.2 Å². The molecule has 0 bridgehead atoms. The first-order valence-electron chi connectivity index (χ1n) is 3.49. The van der Waals surface area contributed by atoms with Gasteiger partial charge >= 0.3 is 0 Å². The van der Waals surface area contributed by atoms with Crippen LogP contribution in [0, 0.1) is 0 Å². The van der Waals surface area contributed by atoms with Crippen LogP contribution in [0.15, 0.2) is 22.5 Å². The van der Waals surface area contributed by atoms with E-state index in [0.717, 1.165) is 20.1 Å². The monoisotopic (exact) mass is 197 g/mol. The summed E-state index contributed by atoms with van der Waals surface area (Å²) in [5.74, 6) is 0. The SMILES string of the molecule is OCc1ccc2sc(S)nc2c1. The van der Waals surface area contributed by atoms with Crippen molar-refractivity contribution in [1.82, 2.24) is 4.98 Å². The maximum absolute atomic E-state index is 8.86. The summed E-state index contributed by atoms with van der Waals surface area (Å²) >= 11 is 5.69. The summed E-state index contributed by atoms with van der Waals surface area (Å²) < 4.78 is 1.87. The number of thiazole rings is 1. The number of hydrogen-bond acceptors (Lipinski definition) is 4. The van der Waals surface area contributed by atoms with Crippen LogP contribution in [-0.4, -0.2) is 10.1 Å². The Kier molecular flexibility index (Phi) is 2.04. The summed E-state index contributed by atoms with van der Waals surface area (Å²) in [7, 11) is 0. The Hall–Kier alpha value is -0.580. The van der Waals surface area contributed by atoms with Gasteiger partial charge in [0.2, 0.25) is 0 Å². The molecule has 0 fully saturated rings. The summed E-state index contributed by atoms with van der Waals surface area (Å²) in [6.07, 6.45) is 0. The fourth-order valence-corrected chi connectivity index (χ4v) is 2.15. The van der Waals surface area contributed by atoms with Crippen LogP contribution in [0.5, 0.6) is 0 Å². The third kappa shape index (κ3) is 1.33. The van der Waals surface area contributed by atoms with Gasteiger partial charge in [-0.25, -0.2) is 4.98 Å². The van der Waals surface area contributed by atoms with Gasteiger partial charge in [0, 0.05) is 0 Å². The zero-order valence-electron chi connectivity index (χ0n) is 6.19. The summed E-state index contributed by atoms with van der Waals surface area (Å²) in [6.45, 7) is 0.0649. The molecule has 2 aromatic rings. The Bertz CT molecular complexity index is 410. The molecule has 2 rings (SSSR count). The van der Waals surface area contributed by atoms with E-state index in [2.05, 4.69) is 17.6 Å². The first-order chi connectivity index (χ1) is 5.79. The predicted octanol–water partition coefficient (Wildman–Crippen LogP) is 2.08. The molecule has 0 saturated heterocycles. The smallest absolute Gasteiger partial charge is 0.148 e. The number of aliphatic hydroxyl groups excluding tert-OH is 1. The molecule has 12 heavy (non-hydrogen) atoms. The van der Waals surface area contributed by atoms with E-state index in [1.165, 1.54) is 0 Å². The standard InChI is InChI=1S/C8H7NOS2/c10-4-5-1-2-7-6(3-5)9-8(11)12-7/h1-3,10H,4H2,(H,9,11). The summed E-state index contributed by atoms with van der Waals surface area (Å²) in [5.41, 5.74) is 1.80. The lowest BCUT2D eigenvalue weighted by Gasteiger charge is -1.92. The van der Waals surface area contributed by atoms with Crippen LogP contribution < -0.4 is 0 Å². The van der Waals surface area contributed by atoms with E-state index >= 15 is 0 Å². The molecule has 0 aliphatic carbocycles. The van der Waals surface area contributed by atoms with Crippen molar-refractivity contribution in [2.75, 3.05) is 0 Å². The van der Waals surface area contributed by atoms with Gasteiger partial charge in [0.15, 0.2) is 0 Å². The van der Waals surface area contributed by atoms with Crippen molar-refractivity contribution in [2.24, 2.45) is 0 Å². The highest BCUT2D eigenvalue weighted by molar-refractivity contribution is 7.82. The third-order valence-corrected chi connectivity index (χ3v) is 2.84. The van der Waals surface area contributed by atoms with E-state index in [-0.39, 0.29) is 6.61 Å². The highest BCUT2D eigenvalue weighted by atomic mass is 32.2. The molecule has 0 aliphatic heterocycles. The molecule has 1 N–H and O–H groups in total. The summed E-state index contributed by atoms with van der Waals surface area (Å²) in [5, 5.41) is 8.86. The van der Waals surface area contributed by atoms with Gasteiger partial charge in [0.1, 0.15) is 4.34 Å². The fraction of sp³-hybridized carbons (Fsp3) is 0.125. The number of aliphatic hydroxyl groups is 1. The second-order valence-corrected chi connectivity index (χ2v) is 4.21. The van der Waals surface area contributed by atoms with Gasteiger partial charge in [0.05, 0.1) is 16.8 Å². The normalized spacial score (nSPS) is 10.8. The van der Waals surface area contributed by atoms with E-state index < -0.39 is 0 Å². The molecule has 0 radical (unpaired) electrons. The van der Waals surface area contributed by atoms with Gasteiger partial charge in [-0.05, 0) is 17.7 Å². The summed E-state index contributed by atoms with van der Waals surface area (Å²) in [6, 6.07) is 5.73. The lowest BCUT2D eigenvalue weighted by molar-refractivity contribution is 0.282. The van der Waals surface area contributed by atoms with Gasteiger partial charge in [-0.15, -0.1) is 24.0 Å². The Morgan fingerprint density at radius 3 is 3.08 bits per heavy atom. The van der Waals surface area contributed by atoms with E-state index in [0.29, 0.717) is 0 Å². The molecule has 1 aromatic heterocycles. The average Bonchev–Trinajstić information content (AvgIpc) is 2.43. The lowest BCUT2D eigenvalue weighted by Crippen LogP contribution is -1.80. The third-order valence-electron chi connectivity index (χ3n) is 1.62. The summed E-state index contributed by atoms with van der Waals surface area (Å²) in [4.78, 5) is 4.19. The molecule has 62 valence electrons. The van der Waals surface area contributed by atoms with Crippen molar-refractivity contribution in [1.29, 1.82) is 0 Å². The fourth-order valence-electron chi connectivity index (χ4n) is 1.06. The largest absolute Gasteiger partial charge is 0.392 e. The first kappa shape index (κ1) is 8.04. The van der Waals surface area contributed by atoms with E-state index in [1.54, 1.807) is 11.3 Å². The Labute approximate surface area is 79.3 Å². The van der Waals surface area contributed by atoms with Crippen LogP contribution >= 0.6 is 24.0 Å².